The maximum absolute atomic E-state index is 12.6. The van der Waals surface area contributed by atoms with E-state index in [0.29, 0.717) is 23.1 Å². The molecule has 3 rings (SSSR count). The molecule has 0 radical (unpaired) electrons. The van der Waals surface area contributed by atoms with E-state index in [-0.39, 0.29) is 11.0 Å². The van der Waals surface area contributed by atoms with E-state index < -0.39 is 0 Å². The maximum Gasteiger partial charge on any atom is 0.277 e. The molecule has 0 saturated carbocycles. The fraction of sp³-hybridized carbons (Fsp3) is 0.286. The van der Waals surface area contributed by atoms with Crippen LogP contribution in [-0.2, 0) is 6.42 Å². The number of aromatic nitrogens is 2. The van der Waals surface area contributed by atoms with Crippen LogP contribution in [0.25, 0.3) is 0 Å². The SMILES string of the molecule is COc1ccc(Cc2nnc(SC(C)C(=O)c3ccc(C)c(C)c3)o2)cc1. The van der Waals surface area contributed by atoms with Gasteiger partial charge in [0.2, 0.25) is 5.89 Å². The molecule has 0 amide bonds. The Morgan fingerprint density at radius 2 is 1.85 bits per heavy atom. The molecule has 1 unspecified atom stereocenters. The molecule has 0 aliphatic rings. The normalized spacial score (nSPS) is 12.0. The predicted octanol–water partition coefficient (Wildman–Crippen LogP) is 4.65. The Morgan fingerprint density at radius 1 is 1.11 bits per heavy atom. The molecular weight excluding hydrogens is 360 g/mol. The molecule has 1 atom stereocenters. The summed E-state index contributed by atoms with van der Waals surface area (Å²) < 4.78 is 10.9. The molecule has 5 nitrogen and oxygen atoms in total. The second-order valence-corrected chi connectivity index (χ2v) is 7.70. The van der Waals surface area contributed by atoms with Crippen molar-refractivity contribution in [2.24, 2.45) is 0 Å². The second-order valence-electron chi connectivity index (χ2n) is 6.41. The predicted molar refractivity (Wildman–Crippen MR) is 106 cm³/mol. The number of nitrogens with zero attached hydrogens (tertiary/aromatic N) is 2. The van der Waals surface area contributed by atoms with Crippen molar-refractivity contribution < 1.29 is 13.9 Å². The summed E-state index contributed by atoms with van der Waals surface area (Å²) in [4.78, 5) is 12.6. The number of carbonyl (C=O) groups is 1. The van der Waals surface area contributed by atoms with Crippen LogP contribution in [0.2, 0.25) is 0 Å². The average molecular weight is 382 g/mol. The highest BCUT2D eigenvalue weighted by molar-refractivity contribution is 8.00. The zero-order valence-electron chi connectivity index (χ0n) is 15.9. The number of carbonyl (C=O) groups excluding carboxylic acids is 1. The number of ketones is 1. The zero-order chi connectivity index (χ0) is 19.4. The monoisotopic (exact) mass is 382 g/mol. The summed E-state index contributed by atoms with van der Waals surface area (Å²) >= 11 is 1.28. The Morgan fingerprint density at radius 3 is 2.52 bits per heavy atom. The lowest BCUT2D eigenvalue weighted by Crippen LogP contribution is -2.13. The number of benzene rings is 2. The fourth-order valence-electron chi connectivity index (χ4n) is 2.61. The van der Waals surface area contributed by atoms with Crippen molar-refractivity contribution in [1.82, 2.24) is 10.2 Å². The first-order valence-electron chi connectivity index (χ1n) is 8.69. The minimum Gasteiger partial charge on any atom is -0.497 e. The van der Waals surface area contributed by atoms with Crippen molar-refractivity contribution in [2.45, 2.75) is 37.7 Å². The van der Waals surface area contributed by atoms with Gasteiger partial charge in [0.1, 0.15) is 5.75 Å². The van der Waals surface area contributed by atoms with E-state index >= 15 is 0 Å². The summed E-state index contributed by atoms with van der Waals surface area (Å²) in [5.74, 6) is 1.38. The topological polar surface area (TPSA) is 65.2 Å². The highest BCUT2D eigenvalue weighted by Crippen LogP contribution is 2.26. The van der Waals surface area contributed by atoms with Gasteiger partial charge in [0.05, 0.1) is 18.8 Å². The third-order valence-electron chi connectivity index (χ3n) is 4.40. The molecule has 1 heterocycles. The van der Waals surface area contributed by atoms with E-state index in [2.05, 4.69) is 10.2 Å². The lowest BCUT2D eigenvalue weighted by Gasteiger charge is -2.09. The maximum atomic E-state index is 12.6. The third-order valence-corrected chi connectivity index (χ3v) is 5.34. The molecule has 3 aromatic rings. The van der Waals surface area contributed by atoms with Crippen molar-refractivity contribution in [2.75, 3.05) is 7.11 Å². The Balaban J connectivity index is 1.63. The largest absolute Gasteiger partial charge is 0.497 e. The summed E-state index contributed by atoms with van der Waals surface area (Å²) in [5.41, 5.74) is 4.04. The fourth-order valence-corrected chi connectivity index (χ4v) is 3.39. The summed E-state index contributed by atoms with van der Waals surface area (Å²) in [6, 6.07) is 13.5. The van der Waals surface area contributed by atoms with Crippen molar-refractivity contribution in [3.8, 4) is 5.75 Å². The standard InChI is InChI=1S/C21H22N2O3S/c1-13-5-8-17(11-14(13)2)20(24)15(3)27-21-23-22-19(26-21)12-16-6-9-18(25-4)10-7-16/h5-11,15H,12H2,1-4H3. The van der Waals surface area contributed by atoms with Gasteiger partial charge in [-0.1, -0.05) is 36.0 Å². The molecule has 0 aliphatic heterocycles. The number of rotatable bonds is 7. The Bertz CT molecular complexity index is 935. The van der Waals surface area contributed by atoms with Gasteiger partial charge in [-0.2, -0.15) is 0 Å². The van der Waals surface area contributed by atoms with Gasteiger partial charge in [-0.3, -0.25) is 4.79 Å². The lowest BCUT2D eigenvalue weighted by atomic mass is 10.0. The van der Waals surface area contributed by atoms with Crippen LogP contribution in [0.3, 0.4) is 0 Å². The van der Waals surface area contributed by atoms with Gasteiger partial charge in [0, 0.05) is 5.56 Å². The number of ether oxygens (including phenoxy) is 1. The van der Waals surface area contributed by atoms with E-state index in [1.54, 1.807) is 7.11 Å². The molecule has 140 valence electrons. The van der Waals surface area contributed by atoms with E-state index in [1.807, 2.05) is 63.2 Å². The number of Topliss-reactive ketones (excluding diaryl/α,β-unsaturated/α-hetero) is 1. The van der Waals surface area contributed by atoms with Crippen LogP contribution in [0.5, 0.6) is 5.75 Å². The first kappa shape index (κ1) is 19.2. The van der Waals surface area contributed by atoms with Gasteiger partial charge in [-0.25, -0.2) is 0 Å². The Labute approximate surface area is 163 Å². The van der Waals surface area contributed by atoms with Crippen LogP contribution in [0, 0.1) is 13.8 Å². The first-order valence-corrected chi connectivity index (χ1v) is 9.57. The van der Waals surface area contributed by atoms with Gasteiger partial charge >= 0.3 is 0 Å². The molecule has 0 spiro atoms. The van der Waals surface area contributed by atoms with E-state index in [0.717, 1.165) is 16.9 Å². The van der Waals surface area contributed by atoms with Gasteiger partial charge in [0.15, 0.2) is 5.78 Å². The average Bonchev–Trinajstić information content (AvgIpc) is 3.10. The summed E-state index contributed by atoms with van der Waals surface area (Å²) in [6.07, 6.45) is 0.539. The smallest absolute Gasteiger partial charge is 0.277 e. The van der Waals surface area contributed by atoms with Crippen LogP contribution in [-0.4, -0.2) is 28.3 Å². The van der Waals surface area contributed by atoms with Crippen LogP contribution in [0.1, 0.15) is 39.9 Å². The number of aryl methyl sites for hydroxylation is 2. The molecule has 6 heteroatoms. The number of thioether (sulfide) groups is 1. The highest BCUT2D eigenvalue weighted by Gasteiger charge is 2.20. The van der Waals surface area contributed by atoms with Gasteiger partial charge in [0.25, 0.3) is 5.22 Å². The van der Waals surface area contributed by atoms with Gasteiger partial charge in [-0.05, 0) is 55.7 Å². The summed E-state index contributed by atoms with van der Waals surface area (Å²) in [5, 5.41) is 8.25. The number of methoxy groups -OCH3 is 1. The lowest BCUT2D eigenvalue weighted by molar-refractivity contribution is 0.0993. The van der Waals surface area contributed by atoms with Crippen LogP contribution in [0.15, 0.2) is 52.1 Å². The molecule has 0 saturated heterocycles. The molecule has 0 N–H and O–H groups in total. The van der Waals surface area contributed by atoms with Crippen molar-refractivity contribution in [3.63, 3.8) is 0 Å². The summed E-state index contributed by atoms with van der Waals surface area (Å²) in [7, 11) is 1.64. The van der Waals surface area contributed by atoms with Crippen molar-refractivity contribution >= 4 is 17.5 Å². The van der Waals surface area contributed by atoms with Gasteiger partial charge < -0.3 is 9.15 Å². The van der Waals surface area contributed by atoms with E-state index in [9.17, 15) is 4.79 Å². The van der Waals surface area contributed by atoms with E-state index in [4.69, 9.17) is 9.15 Å². The molecule has 0 bridgehead atoms. The van der Waals surface area contributed by atoms with Crippen molar-refractivity contribution in [1.29, 1.82) is 0 Å². The molecule has 27 heavy (non-hydrogen) atoms. The number of hydrogen-bond acceptors (Lipinski definition) is 6. The zero-order valence-corrected chi connectivity index (χ0v) is 16.7. The first-order chi connectivity index (χ1) is 13.0. The Hall–Kier alpha value is -2.60. The third kappa shape index (κ3) is 4.77. The molecule has 0 fully saturated rings. The molecule has 0 aliphatic carbocycles. The minimum atomic E-state index is -0.304. The van der Waals surface area contributed by atoms with Crippen LogP contribution >= 0.6 is 11.8 Å². The number of hydrogen-bond donors (Lipinski definition) is 0. The van der Waals surface area contributed by atoms with Gasteiger partial charge in [-0.15, -0.1) is 10.2 Å². The molecule has 1 aromatic heterocycles. The quantitative estimate of drug-likeness (QED) is 0.438. The van der Waals surface area contributed by atoms with Crippen LogP contribution < -0.4 is 4.74 Å². The van der Waals surface area contributed by atoms with Crippen LogP contribution in [0.4, 0.5) is 0 Å². The molecule has 2 aromatic carbocycles. The van der Waals surface area contributed by atoms with E-state index in [1.165, 1.54) is 17.3 Å². The minimum absolute atomic E-state index is 0.0537. The second kappa shape index (κ2) is 8.39. The summed E-state index contributed by atoms with van der Waals surface area (Å²) in [6.45, 7) is 5.90. The Kier molecular flexibility index (Phi) is 5.96. The van der Waals surface area contributed by atoms with Crippen molar-refractivity contribution in [3.05, 3.63) is 70.6 Å². The molecular formula is C21H22N2O3S. The highest BCUT2D eigenvalue weighted by atomic mass is 32.2.